The SMILES string of the molecule is CNC1CC(CO)C1.Cl. The number of rotatable bonds is 2. The van der Waals surface area contributed by atoms with Crippen molar-refractivity contribution in [1.29, 1.82) is 0 Å². The minimum atomic E-state index is 0. The van der Waals surface area contributed by atoms with Crippen molar-refractivity contribution in [3.63, 3.8) is 0 Å². The van der Waals surface area contributed by atoms with Crippen molar-refractivity contribution >= 4 is 12.4 Å². The Labute approximate surface area is 62.1 Å². The van der Waals surface area contributed by atoms with E-state index < -0.39 is 0 Å². The van der Waals surface area contributed by atoms with E-state index in [4.69, 9.17) is 5.11 Å². The fourth-order valence-electron chi connectivity index (χ4n) is 1.12. The number of halogens is 1. The van der Waals surface area contributed by atoms with E-state index in [0.29, 0.717) is 18.6 Å². The summed E-state index contributed by atoms with van der Waals surface area (Å²) in [6.45, 7) is 0.373. The predicted molar refractivity (Wildman–Crippen MR) is 39.9 cm³/mol. The molecule has 0 aliphatic heterocycles. The minimum absolute atomic E-state index is 0. The second-order valence-electron chi connectivity index (χ2n) is 2.51. The molecule has 3 heteroatoms. The van der Waals surface area contributed by atoms with E-state index in [1.165, 1.54) is 0 Å². The Morgan fingerprint density at radius 2 is 2.11 bits per heavy atom. The third-order valence-electron chi connectivity index (χ3n) is 1.90. The van der Waals surface area contributed by atoms with Gasteiger partial charge in [0, 0.05) is 12.6 Å². The third kappa shape index (κ3) is 2.12. The van der Waals surface area contributed by atoms with Crippen LogP contribution in [0.2, 0.25) is 0 Å². The van der Waals surface area contributed by atoms with E-state index in [2.05, 4.69) is 5.32 Å². The molecule has 0 saturated heterocycles. The molecule has 0 atom stereocenters. The highest BCUT2D eigenvalue weighted by atomic mass is 35.5. The van der Waals surface area contributed by atoms with Crippen molar-refractivity contribution in [3.8, 4) is 0 Å². The topological polar surface area (TPSA) is 32.3 Å². The molecule has 0 aromatic carbocycles. The molecule has 2 N–H and O–H groups in total. The van der Waals surface area contributed by atoms with Gasteiger partial charge >= 0.3 is 0 Å². The highest BCUT2D eigenvalue weighted by Crippen LogP contribution is 2.25. The quantitative estimate of drug-likeness (QED) is 0.599. The maximum Gasteiger partial charge on any atom is 0.0460 e. The van der Waals surface area contributed by atoms with E-state index in [-0.39, 0.29) is 12.4 Å². The maximum atomic E-state index is 8.57. The first-order chi connectivity index (χ1) is 3.86. The van der Waals surface area contributed by atoms with Gasteiger partial charge in [-0.3, -0.25) is 0 Å². The highest BCUT2D eigenvalue weighted by molar-refractivity contribution is 5.85. The predicted octanol–water partition coefficient (Wildman–Crippen LogP) is 0.398. The molecular formula is C6H14ClNO. The Morgan fingerprint density at radius 3 is 2.44 bits per heavy atom. The first kappa shape index (κ1) is 9.21. The summed E-state index contributed by atoms with van der Waals surface area (Å²) in [5, 5.41) is 11.7. The average Bonchev–Trinajstić information content (AvgIpc) is 1.65. The van der Waals surface area contributed by atoms with Crippen LogP contribution in [0.3, 0.4) is 0 Å². The highest BCUT2D eigenvalue weighted by Gasteiger charge is 2.26. The lowest BCUT2D eigenvalue weighted by Gasteiger charge is -2.33. The van der Waals surface area contributed by atoms with E-state index in [1.807, 2.05) is 7.05 Å². The normalized spacial score (nSPS) is 32.7. The van der Waals surface area contributed by atoms with Gasteiger partial charge in [0.15, 0.2) is 0 Å². The summed E-state index contributed by atoms with van der Waals surface area (Å²) in [6.07, 6.45) is 2.32. The van der Waals surface area contributed by atoms with E-state index in [1.54, 1.807) is 0 Å². The summed E-state index contributed by atoms with van der Waals surface area (Å²) in [7, 11) is 1.97. The van der Waals surface area contributed by atoms with Crippen molar-refractivity contribution in [2.45, 2.75) is 18.9 Å². The van der Waals surface area contributed by atoms with Crippen LogP contribution >= 0.6 is 12.4 Å². The number of hydrogen-bond donors (Lipinski definition) is 2. The summed E-state index contributed by atoms with van der Waals surface area (Å²) >= 11 is 0. The maximum absolute atomic E-state index is 8.57. The van der Waals surface area contributed by atoms with Gasteiger partial charge in [-0.2, -0.15) is 0 Å². The van der Waals surface area contributed by atoms with Crippen LogP contribution in [0.4, 0.5) is 0 Å². The van der Waals surface area contributed by atoms with Crippen LogP contribution in [0, 0.1) is 5.92 Å². The van der Waals surface area contributed by atoms with Gasteiger partial charge in [0.1, 0.15) is 0 Å². The Balaban J connectivity index is 0.000000640. The standard InChI is InChI=1S/C6H13NO.ClH/c1-7-6-2-5(3-6)4-8;/h5-8H,2-4H2,1H3;1H. The van der Waals surface area contributed by atoms with Crippen molar-refractivity contribution in [2.75, 3.05) is 13.7 Å². The molecule has 0 aromatic rings. The van der Waals surface area contributed by atoms with Crippen LogP contribution in [-0.4, -0.2) is 24.8 Å². The van der Waals surface area contributed by atoms with Gasteiger partial charge in [0.25, 0.3) is 0 Å². The summed E-state index contributed by atoms with van der Waals surface area (Å²) < 4.78 is 0. The van der Waals surface area contributed by atoms with Gasteiger partial charge in [-0.05, 0) is 25.8 Å². The van der Waals surface area contributed by atoms with Crippen LogP contribution in [0.5, 0.6) is 0 Å². The van der Waals surface area contributed by atoms with Crippen LogP contribution in [-0.2, 0) is 0 Å². The number of hydrogen-bond acceptors (Lipinski definition) is 2. The Kier molecular flexibility index (Phi) is 4.19. The number of aliphatic hydroxyl groups is 1. The molecule has 0 aromatic heterocycles. The fraction of sp³-hybridized carbons (Fsp3) is 1.00. The number of nitrogens with one attached hydrogen (secondary N) is 1. The summed E-state index contributed by atoms with van der Waals surface area (Å²) in [5.41, 5.74) is 0. The van der Waals surface area contributed by atoms with E-state index >= 15 is 0 Å². The van der Waals surface area contributed by atoms with E-state index in [0.717, 1.165) is 12.8 Å². The molecule has 56 valence electrons. The summed E-state index contributed by atoms with van der Waals surface area (Å²) in [5.74, 6) is 0.590. The number of aliphatic hydroxyl groups excluding tert-OH is 1. The van der Waals surface area contributed by atoms with Crippen LogP contribution in [0.25, 0.3) is 0 Å². The molecule has 0 spiro atoms. The zero-order chi connectivity index (χ0) is 5.98. The molecular weight excluding hydrogens is 138 g/mol. The van der Waals surface area contributed by atoms with Gasteiger partial charge in [0.05, 0.1) is 0 Å². The summed E-state index contributed by atoms with van der Waals surface area (Å²) in [6, 6.07) is 0.687. The second kappa shape index (κ2) is 4.09. The zero-order valence-corrected chi connectivity index (χ0v) is 6.45. The van der Waals surface area contributed by atoms with Crippen molar-refractivity contribution < 1.29 is 5.11 Å². The smallest absolute Gasteiger partial charge is 0.0460 e. The average molecular weight is 152 g/mol. The lowest BCUT2D eigenvalue weighted by molar-refractivity contribution is 0.131. The third-order valence-corrected chi connectivity index (χ3v) is 1.90. The van der Waals surface area contributed by atoms with E-state index in [9.17, 15) is 0 Å². The Hall–Kier alpha value is 0.210. The molecule has 2 nitrogen and oxygen atoms in total. The second-order valence-corrected chi connectivity index (χ2v) is 2.51. The van der Waals surface area contributed by atoms with Crippen LogP contribution in [0.15, 0.2) is 0 Å². The first-order valence-corrected chi connectivity index (χ1v) is 3.15. The van der Waals surface area contributed by atoms with Gasteiger partial charge in [-0.15, -0.1) is 12.4 Å². The molecule has 0 heterocycles. The lowest BCUT2D eigenvalue weighted by atomic mass is 9.81. The molecule has 0 radical (unpaired) electrons. The van der Waals surface area contributed by atoms with Crippen LogP contribution in [0.1, 0.15) is 12.8 Å². The van der Waals surface area contributed by atoms with Gasteiger partial charge in [-0.25, -0.2) is 0 Å². The van der Waals surface area contributed by atoms with Crippen molar-refractivity contribution in [2.24, 2.45) is 5.92 Å². The molecule has 0 bridgehead atoms. The molecule has 1 saturated carbocycles. The lowest BCUT2D eigenvalue weighted by Crippen LogP contribution is -2.40. The molecule has 0 amide bonds. The van der Waals surface area contributed by atoms with Gasteiger partial charge < -0.3 is 10.4 Å². The largest absolute Gasteiger partial charge is 0.396 e. The first-order valence-electron chi connectivity index (χ1n) is 3.15. The minimum Gasteiger partial charge on any atom is -0.396 e. The van der Waals surface area contributed by atoms with Crippen molar-refractivity contribution in [3.05, 3.63) is 0 Å². The Bertz CT molecular complexity index is 65.5. The Morgan fingerprint density at radius 1 is 1.56 bits per heavy atom. The molecule has 1 fully saturated rings. The monoisotopic (exact) mass is 151 g/mol. The van der Waals surface area contributed by atoms with Crippen LogP contribution < -0.4 is 5.32 Å². The molecule has 0 unspecified atom stereocenters. The van der Waals surface area contributed by atoms with Crippen molar-refractivity contribution in [1.82, 2.24) is 5.32 Å². The van der Waals surface area contributed by atoms with Gasteiger partial charge in [0.2, 0.25) is 0 Å². The molecule has 1 aliphatic carbocycles. The molecule has 1 aliphatic rings. The molecule has 9 heavy (non-hydrogen) atoms. The zero-order valence-electron chi connectivity index (χ0n) is 5.63. The fourth-order valence-corrected chi connectivity index (χ4v) is 1.12. The van der Waals surface area contributed by atoms with Gasteiger partial charge in [-0.1, -0.05) is 0 Å². The molecule has 1 rings (SSSR count). The summed E-state index contributed by atoms with van der Waals surface area (Å²) in [4.78, 5) is 0.